The zero-order valence-corrected chi connectivity index (χ0v) is 15.9. The second-order valence-electron chi connectivity index (χ2n) is 5.82. The quantitative estimate of drug-likeness (QED) is 0.668. The third kappa shape index (κ3) is 4.62. The van der Waals surface area contributed by atoms with Crippen molar-refractivity contribution in [1.82, 2.24) is 5.32 Å². The molecule has 1 aliphatic heterocycles. The Bertz CT molecular complexity index is 657. The maximum Gasteiger partial charge on any atom is 0.174 e. The van der Waals surface area contributed by atoms with E-state index in [4.69, 9.17) is 14.2 Å². The average molecular weight is 439 g/mol. The van der Waals surface area contributed by atoms with Crippen molar-refractivity contribution < 1.29 is 14.2 Å². The number of nitrogens with one attached hydrogen (secondary N) is 1. The highest BCUT2D eigenvalue weighted by Gasteiger charge is 2.16. The molecule has 24 heavy (non-hydrogen) atoms. The van der Waals surface area contributed by atoms with Gasteiger partial charge < -0.3 is 19.5 Å². The molecule has 128 valence electrons. The van der Waals surface area contributed by atoms with Gasteiger partial charge in [0.2, 0.25) is 0 Å². The summed E-state index contributed by atoms with van der Waals surface area (Å²) in [5.41, 5.74) is 2.33. The van der Waals surface area contributed by atoms with Crippen LogP contribution >= 0.6 is 22.6 Å². The van der Waals surface area contributed by atoms with Crippen LogP contribution in [0.2, 0.25) is 0 Å². The Labute approximate surface area is 156 Å². The third-order valence-electron chi connectivity index (χ3n) is 4.04. The first kappa shape index (κ1) is 17.5. The molecule has 1 aliphatic rings. The van der Waals surface area contributed by atoms with Crippen molar-refractivity contribution in [3.63, 3.8) is 0 Å². The van der Waals surface area contributed by atoms with Crippen molar-refractivity contribution in [3.05, 3.63) is 57.2 Å². The van der Waals surface area contributed by atoms with Crippen LogP contribution in [0.3, 0.4) is 0 Å². The second kappa shape index (κ2) is 8.69. The predicted octanol–water partition coefficient (Wildman–Crippen LogP) is 3.76. The molecule has 1 saturated heterocycles. The second-order valence-corrected chi connectivity index (χ2v) is 6.99. The summed E-state index contributed by atoms with van der Waals surface area (Å²) in [6.07, 6.45) is 1.08. The van der Waals surface area contributed by atoms with E-state index in [0.717, 1.165) is 46.8 Å². The number of methoxy groups -OCH3 is 1. The van der Waals surface area contributed by atoms with Gasteiger partial charge in [-0.15, -0.1) is 0 Å². The van der Waals surface area contributed by atoms with Crippen LogP contribution in [0.15, 0.2) is 42.5 Å². The lowest BCUT2D eigenvalue weighted by atomic mass is 10.1. The minimum absolute atomic E-state index is 0.447. The summed E-state index contributed by atoms with van der Waals surface area (Å²) in [7, 11) is 1.68. The Morgan fingerprint density at radius 1 is 1.21 bits per heavy atom. The molecule has 5 heteroatoms. The Kier molecular flexibility index (Phi) is 6.34. The van der Waals surface area contributed by atoms with Crippen LogP contribution < -0.4 is 14.8 Å². The summed E-state index contributed by atoms with van der Waals surface area (Å²) >= 11 is 2.31. The van der Waals surface area contributed by atoms with Crippen LogP contribution in [0.4, 0.5) is 0 Å². The van der Waals surface area contributed by atoms with Crippen LogP contribution in [-0.2, 0) is 17.9 Å². The monoisotopic (exact) mass is 439 g/mol. The van der Waals surface area contributed by atoms with Gasteiger partial charge in [0.1, 0.15) is 6.61 Å². The smallest absolute Gasteiger partial charge is 0.174 e. The molecule has 1 unspecified atom stereocenters. The lowest BCUT2D eigenvalue weighted by molar-refractivity contribution is 0.190. The van der Waals surface area contributed by atoms with Crippen molar-refractivity contribution >= 4 is 22.6 Å². The standard InChI is InChI=1S/C19H22INO3/c1-22-18-10-15(11-21-16-7-8-23-13-16)9-17(20)19(18)24-12-14-5-3-2-4-6-14/h2-6,9-10,16,21H,7-8,11-13H2,1H3. The third-order valence-corrected chi connectivity index (χ3v) is 4.84. The predicted molar refractivity (Wildman–Crippen MR) is 103 cm³/mol. The number of rotatable bonds is 7. The first-order valence-corrected chi connectivity index (χ1v) is 9.18. The van der Waals surface area contributed by atoms with Crippen molar-refractivity contribution in [3.8, 4) is 11.5 Å². The topological polar surface area (TPSA) is 39.7 Å². The van der Waals surface area contributed by atoms with Crippen molar-refractivity contribution in [1.29, 1.82) is 0 Å². The van der Waals surface area contributed by atoms with Crippen LogP contribution in [0.25, 0.3) is 0 Å². The maximum atomic E-state index is 6.00. The minimum atomic E-state index is 0.447. The van der Waals surface area contributed by atoms with Crippen LogP contribution in [-0.4, -0.2) is 26.4 Å². The molecule has 1 atom stereocenters. The zero-order chi connectivity index (χ0) is 16.8. The van der Waals surface area contributed by atoms with Gasteiger partial charge in [0.05, 0.1) is 17.3 Å². The first-order chi connectivity index (χ1) is 11.8. The largest absolute Gasteiger partial charge is 0.493 e. The molecule has 0 spiro atoms. The highest BCUT2D eigenvalue weighted by molar-refractivity contribution is 14.1. The Morgan fingerprint density at radius 2 is 2.04 bits per heavy atom. The number of halogens is 1. The fourth-order valence-corrected chi connectivity index (χ4v) is 3.52. The summed E-state index contributed by atoms with van der Waals surface area (Å²) < 4.78 is 18.0. The van der Waals surface area contributed by atoms with E-state index in [2.05, 4.69) is 46.1 Å². The molecule has 4 nitrogen and oxygen atoms in total. The minimum Gasteiger partial charge on any atom is -0.493 e. The van der Waals surface area contributed by atoms with E-state index in [-0.39, 0.29) is 0 Å². The summed E-state index contributed by atoms with van der Waals surface area (Å²) in [4.78, 5) is 0. The molecular weight excluding hydrogens is 417 g/mol. The summed E-state index contributed by atoms with van der Waals surface area (Å²) in [5, 5.41) is 3.53. The summed E-state index contributed by atoms with van der Waals surface area (Å²) in [6, 6.07) is 14.8. The van der Waals surface area contributed by atoms with E-state index in [1.807, 2.05) is 24.3 Å². The number of hydrogen-bond donors (Lipinski definition) is 1. The van der Waals surface area contributed by atoms with Gasteiger partial charge in [-0.1, -0.05) is 30.3 Å². The molecule has 0 bridgehead atoms. The molecule has 0 aromatic heterocycles. The molecule has 1 heterocycles. The first-order valence-electron chi connectivity index (χ1n) is 8.10. The van der Waals surface area contributed by atoms with Gasteiger partial charge in [0.25, 0.3) is 0 Å². The lowest BCUT2D eigenvalue weighted by Crippen LogP contribution is -2.28. The molecule has 3 rings (SSSR count). The number of benzene rings is 2. The maximum absolute atomic E-state index is 6.00. The molecule has 0 amide bonds. The summed E-state index contributed by atoms with van der Waals surface area (Å²) in [5.74, 6) is 1.58. The van der Waals surface area contributed by atoms with Crippen molar-refractivity contribution in [2.75, 3.05) is 20.3 Å². The highest BCUT2D eigenvalue weighted by atomic mass is 127. The Balaban J connectivity index is 1.67. The van der Waals surface area contributed by atoms with E-state index in [0.29, 0.717) is 12.6 Å². The number of hydrogen-bond acceptors (Lipinski definition) is 4. The van der Waals surface area contributed by atoms with E-state index in [1.54, 1.807) is 7.11 Å². The fourth-order valence-electron chi connectivity index (χ4n) is 2.70. The van der Waals surface area contributed by atoms with Crippen LogP contribution in [0.1, 0.15) is 17.5 Å². The van der Waals surface area contributed by atoms with Gasteiger partial charge in [0, 0.05) is 19.2 Å². The van der Waals surface area contributed by atoms with E-state index >= 15 is 0 Å². The molecule has 2 aromatic rings. The van der Waals surface area contributed by atoms with Crippen molar-refractivity contribution in [2.45, 2.75) is 25.6 Å². The molecular formula is C19H22INO3. The molecule has 0 aliphatic carbocycles. The normalized spacial score (nSPS) is 17.0. The van der Waals surface area contributed by atoms with Crippen LogP contribution in [0, 0.1) is 3.57 Å². The SMILES string of the molecule is COc1cc(CNC2CCOC2)cc(I)c1OCc1ccccc1. The lowest BCUT2D eigenvalue weighted by Gasteiger charge is -2.16. The van der Waals surface area contributed by atoms with E-state index < -0.39 is 0 Å². The Hall–Kier alpha value is -1.31. The fraction of sp³-hybridized carbons (Fsp3) is 0.368. The molecule has 0 radical (unpaired) electrons. The number of ether oxygens (including phenoxy) is 3. The molecule has 0 saturated carbocycles. The van der Waals surface area contributed by atoms with Gasteiger partial charge in [-0.3, -0.25) is 0 Å². The summed E-state index contributed by atoms with van der Waals surface area (Å²) in [6.45, 7) is 2.99. The molecule has 2 aromatic carbocycles. The van der Waals surface area contributed by atoms with Gasteiger partial charge in [-0.05, 0) is 52.3 Å². The van der Waals surface area contributed by atoms with Gasteiger partial charge in [-0.25, -0.2) is 0 Å². The van der Waals surface area contributed by atoms with E-state index in [9.17, 15) is 0 Å². The van der Waals surface area contributed by atoms with Gasteiger partial charge in [0.15, 0.2) is 11.5 Å². The molecule has 1 N–H and O–H groups in total. The van der Waals surface area contributed by atoms with Crippen LogP contribution in [0.5, 0.6) is 11.5 Å². The zero-order valence-electron chi connectivity index (χ0n) is 13.8. The van der Waals surface area contributed by atoms with E-state index in [1.165, 1.54) is 5.56 Å². The average Bonchev–Trinajstić information content (AvgIpc) is 3.13. The Morgan fingerprint density at radius 3 is 2.75 bits per heavy atom. The highest BCUT2D eigenvalue weighted by Crippen LogP contribution is 2.34. The molecule has 1 fully saturated rings. The van der Waals surface area contributed by atoms with Crippen molar-refractivity contribution in [2.24, 2.45) is 0 Å². The van der Waals surface area contributed by atoms with Gasteiger partial charge >= 0.3 is 0 Å². The van der Waals surface area contributed by atoms with Gasteiger partial charge in [-0.2, -0.15) is 0 Å².